The highest BCUT2D eigenvalue weighted by molar-refractivity contribution is 6.00. The van der Waals surface area contributed by atoms with Crippen LogP contribution in [-0.2, 0) is 0 Å². The Kier molecular flexibility index (Phi) is 3.30. The number of para-hydroxylation sites is 1. The molecular formula is C19H17NO3. The quantitative estimate of drug-likeness (QED) is 0.813. The Balaban J connectivity index is 1.60. The van der Waals surface area contributed by atoms with E-state index >= 15 is 0 Å². The molecule has 0 amide bonds. The first-order chi connectivity index (χ1) is 11.2. The molecule has 0 bridgehead atoms. The van der Waals surface area contributed by atoms with Crippen molar-refractivity contribution in [2.75, 3.05) is 18.2 Å². The summed E-state index contributed by atoms with van der Waals surface area (Å²) in [4.78, 5) is 14.8. The number of carbonyl (C=O) groups is 1. The van der Waals surface area contributed by atoms with Crippen LogP contribution in [0, 0.1) is 0 Å². The third-order valence-electron chi connectivity index (χ3n) is 4.30. The zero-order chi connectivity index (χ0) is 15.8. The Morgan fingerprint density at radius 2 is 2.00 bits per heavy atom. The fourth-order valence-corrected chi connectivity index (χ4v) is 3.00. The van der Waals surface area contributed by atoms with E-state index < -0.39 is 0 Å². The van der Waals surface area contributed by atoms with Crippen molar-refractivity contribution in [2.45, 2.75) is 13.0 Å². The van der Waals surface area contributed by atoms with Crippen LogP contribution in [0.25, 0.3) is 6.08 Å². The number of ketones is 1. The van der Waals surface area contributed by atoms with Crippen molar-refractivity contribution < 1.29 is 14.3 Å². The van der Waals surface area contributed by atoms with E-state index in [1.807, 2.05) is 12.1 Å². The second-order valence-corrected chi connectivity index (χ2v) is 5.78. The van der Waals surface area contributed by atoms with Gasteiger partial charge in [0, 0.05) is 17.3 Å². The van der Waals surface area contributed by atoms with Gasteiger partial charge in [0.25, 0.3) is 0 Å². The van der Waals surface area contributed by atoms with Crippen LogP contribution in [0.2, 0.25) is 0 Å². The average Bonchev–Trinajstić information content (AvgIpc) is 3.05. The van der Waals surface area contributed by atoms with Crippen LogP contribution < -0.4 is 14.4 Å². The van der Waals surface area contributed by atoms with E-state index in [0.29, 0.717) is 23.6 Å². The zero-order valence-electron chi connectivity index (χ0n) is 12.9. The summed E-state index contributed by atoms with van der Waals surface area (Å²) < 4.78 is 10.7. The fourth-order valence-electron chi connectivity index (χ4n) is 3.00. The van der Waals surface area contributed by atoms with Crippen molar-refractivity contribution in [3.05, 3.63) is 59.7 Å². The molecule has 1 atom stereocenters. The lowest BCUT2D eigenvalue weighted by molar-refractivity contribution is 0.0997. The summed E-state index contributed by atoms with van der Waals surface area (Å²) in [7, 11) is 0. The summed E-state index contributed by atoms with van der Waals surface area (Å²) in [5.74, 6) is 1.41. The van der Waals surface area contributed by atoms with Gasteiger partial charge < -0.3 is 14.4 Å². The number of rotatable bonds is 3. The summed E-state index contributed by atoms with van der Waals surface area (Å²) in [6.07, 6.45) is 4.23. The lowest BCUT2D eigenvalue weighted by atomic mass is 10.0. The summed E-state index contributed by atoms with van der Waals surface area (Å²) in [5.41, 5.74) is 2.88. The van der Waals surface area contributed by atoms with Gasteiger partial charge in [-0.2, -0.15) is 0 Å². The number of ether oxygens (including phenoxy) is 2. The zero-order valence-corrected chi connectivity index (χ0v) is 12.9. The predicted octanol–water partition coefficient (Wildman–Crippen LogP) is 3.52. The number of carbonyl (C=O) groups excluding carboxylic acids is 1. The lowest BCUT2D eigenvalue weighted by Crippen LogP contribution is -2.38. The third-order valence-corrected chi connectivity index (χ3v) is 4.30. The highest BCUT2D eigenvalue weighted by Gasteiger charge is 2.23. The van der Waals surface area contributed by atoms with Crippen LogP contribution in [0.1, 0.15) is 22.8 Å². The van der Waals surface area contributed by atoms with E-state index in [1.165, 1.54) is 0 Å². The molecular weight excluding hydrogens is 290 g/mol. The van der Waals surface area contributed by atoms with Gasteiger partial charge in [0.1, 0.15) is 0 Å². The second-order valence-electron chi connectivity index (χ2n) is 5.78. The number of hydrogen-bond acceptors (Lipinski definition) is 4. The molecule has 0 fully saturated rings. The van der Waals surface area contributed by atoms with E-state index in [-0.39, 0.29) is 18.6 Å². The summed E-state index contributed by atoms with van der Waals surface area (Å²) >= 11 is 0. The first-order valence-electron chi connectivity index (χ1n) is 7.69. The summed E-state index contributed by atoms with van der Waals surface area (Å²) in [5, 5.41) is 0. The molecule has 0 aliphatic carbocycles. The predicted molar refractivity (Wildman–Crippen MR) is 89.2 cm³/mol. The molecule has 4 rings (SSSR count). The van der Waals surface area contributed by atoms with Crippen molar-refractivity contribution in [1.82, 2.24) is 0 Å². The molecule has 2 aliphatic rings. The molecule has 1 unspecified atom stereocenters. The highest BCUT2D eigenvalue weighted by atomic mass is 16.7. The second kappa shape index (κ2) is 5.47. The molecule has 2 aromatic rings. The Hall–Kier alpha value is -2.75. The van der Waals surface area contributed by atoms with Crippen molar-refractivity contribution in [2.24, 2.45) is 0 Å². The molecule has 0 spiro atoms. The number of fused-ring (bicyclic) bond motifs is 2. The van der Waals surface area contributed by atoms with Gasteiger partial charge >= 0.3 is 0 Å². The average molecular weight is 307 g/mol. The third kappa shape index (κ3) is 2.46. The molecule has 2 heterocycles. The van der Waals surface area contributed by atoms with Crippen LogP contribution in [-0.4, -0.2) is 25.2 Å². The summed E-state index contributed by atoms with van der Waals surface area (Å²) in [6.45, 7) is 2.65. The molecule has 116 valence electrons. The molecule has 0 aromatic heterocycles. The van der Waals surface area contributed by atoms with E-state index in [0.717, 1.165) is 11.3 Å². The maximum Gasteiger partial charge on any atom is 0.231 e. The Morgan fingerprint density at radius 1 is 1.17 bits per heavy atom. The molecule has 2 aliphatic heterocycles. The van der Waals surface area contributed by atoms with Crippen LogP contribution in [0.5, 0.6) is 11.5 Å². The van der Waals surface area contributed by atoms with Crippen LogP contribution in [0.4, 0.5) is 5.69 Å². The van der Waals surface area contributed by atoms with Crippen molar-refractivity contribution >= 4 is 17.5 Å². The fraction of sp³-hybridized carbons (Fsp3) is 0.211. The molecule has 0 N–H and O–H groups in total. The highest BCUT2D eigenvalue weighted by Crippen LogP contribution is 2.33. The molecule has 0 radical (unpaired) electrons. The normalized spacial score (nSPS) is 18.0. The van der Waals surface area contributed by atoms with Gasteiger partial charge in [-0.3, -0.25) is 4.79 Å². The van der Waals surface area contributed by atoms with Gasteiger partial charge in [-0.1, -0.05) is 30.4 Å². The molecule has 4 heteroatoms. The largest absolute Gasteiger partial charge is 0.454 e. The Labute approximate surface area is 134 Å². The maximum absolute atomic E-state index is 12.7. The molecule has 4 nitrogen and oxygen atoms in total. The molecule has 0 saturated heterocycles. The van der Waals surface area contributed by atoms with E-state index in [9.17, 15) is 4.79 Å². The number of hydrogen-bond donors (Lipinski definition) is 0. The standard InChI is InChI=1S/C19H17NO3/c1-13-6-7-14-4-2-3-5-16(14)20(13)11-17(21)15-8-9-18-19(10-15)23-12-22-18/h2-10,13H,11-12H2,1H3. The maximum atomic E-state index is 12.7. The van der Waals surface area contributed by atoms with Crippen LogP contribution >= 0.6 is 0 Å². The summed E-state index contributed by atoms with van der Waals surface area (Å²) in [6, 6.07) is 13.7. The Bertz CT molecular complexity index is 797. The number of Topliss-reactive ketones (excluding diaryl/α,β-unsaturated/α-hetero) is 1. The van der Waals surface area contributed by atoms with Gasteiger partial charge in [0.05, 0.1) is 6.54 Å². The van der Waals surface area contributed by atoms with Crippen LogP contribution in [0.3, 0.4) is 0 Å². The van der Waals surface area contributed by atoms with E-state index in [4.69, 9.17) is 9.47 Å². The van der Waals surface area contributed by atoms with E-state index in [1.54, 1.807) is 18.2 Å². The van der Waals surface area contributed by atoms with Crippen molar-refractivity contribution in [1.29, 1.82) is 0 Å². The molecule has 2 aromatic carbocycles. The van der Waals surface area contributed by atoms with E-state index in [2.05, 4.69) is 36.1 Å². The van der Waals surface area contributed by atoms with Gasteiger partial charge in [-0.25, -0.2) is 0 Å². The first kappa shape index (κ1) is 13.9. The lowest BCUT2D eigenvalue weighted by Gasteiger charge is -2.33. The van der Waals surface area contributed by atoms with Gasteiger partial charge in [-0.15, -0.1) is 0 Å². The Morgan fingerprint density at radius 3 is 2.91 bits per heavy atom. The molecule has 0 saturated carbocycles. The number of benzene rings is 2. The number of nitrogens with zero attached hydrogens (tertiary/aromatic N) is 1. The van der Waals surface area contributed by atoms with Gasteiger partial charge in [-0.05, 0) is 36.8 Å². The first-order valence-corrected chi connectivity index (χ1v) is 7.69. The topological polar surface area (TPSA) is 38.8 Å². The SMILES string of the molecule is CC1C=Cc2ccccc2N1CC(=O)c1ccc2c(c1)OCO2. The smallest absolute Gasteiger partial charge is 0.231 e. The monoisotopic (exact) mass is 307 g/mol. The van der Waals surface area contributed by atoms with Crippen molar-refractivity contribution in [3.63, 3.8) is 0 Å². The minimum absolute atomic E-state index is 0.0697. The van der Waals surface area contributed by atoms with Gasteiger partial charge in [0.15, 0.2) is 17.3 Å². The van der Waals surface area contributed by atoms with Crippen molar-refractivity contribution in [3.8, 4) is 11.5 Å². The van der Waals surface area contributed by atoms with Crippen LogP contribution in [0.15, 0.2) is 48.5 Å². The molecule has 23 heavy (non-hydrogen) atoms. The minimum Gasteiger partial charge on any atom is -0.454 e. The minimum atomic E-state index is 0.0697. The van der Waals surface area contributed by atoms with Gasteiger partial charge in [0.2, 0.25) is 6.79 Å². The number of anilines is 1.